The number of nitrogens with two attached hydrogens (primary N) is 1. The molecule has 140 valence electrons. The lowest BCUT2D eigenvalue weighted by Crippen LogP contribution is -2.27. The van der Waals surface area contributed by atoms with Crippen molar-refractivity contribution in [1.82, 2.24) is 0 Å². The quantitative estimate of drug-likeness (QED) is 0.301. The second kappa shape index (κ2) is 9.50. The van der Waals surface area contributed by atoms with Gasteiger partial charge < -0.3 is 20.5 Å². The Bertz CT molecular complexity index is 584. The van der Waals surface area contributed by atoms with Gasteiger partial charge in [0.05, 0.1) is 13.2 Å². The van der Waals surface area contributed by atoms with Crippen LogP contribution in [0.3, 0.4) is 0 Å². The standard InChI is InChI=1S/C19H29N3O2.HI/c1-19(9-4-2-3-5-10-19)14-21-18(20)22-15-7-8-16-17(13-15)24-12-6-11-23-16;/h7-8,13H,2-6,9-12,14H2,1H3,(H3,20,21,22);1H. The molecule has 0 unspecified atom stereocenters. The highest BCUT2D eigenvalue weighted by molar-refractivity contribution is 14.0. The Morgan fingerprint density at radius 2 is 1.76 bits per heavy atom. The highest BCUT2D eigenvalue weighted by Crippen LogP contribution is 2.35. The third kappa shape index (κ3) is 5.94. The Labute approximate surface area is 167 Å². The van der Waals surface area contributed by atoms with Crippen molar-refractivity contribution in [2.45, 2.75) is 51.9 Å². The first kappa shape index (κ1) is 20.1. The number of nitrogens with zero attached hydrogens (tertiary/aromatic N) is 1. The monoisotopic (exact) mass is 459 g/mol. The number of anilines is 1. The highest BCUT2D eigenvalue weighted by atomic mass is 127. The van der Waals surface area contributed by atoms with E-state index < -0.39 is 0 Å². The lowest BCUT2D eigenvalue weighted by atomic mass is 9.83. The molecule has 1 aliphatic heterocycles. The molecule has 3 N–H and O–H groups in total. The third-order valence-corrected chi connectivity index (χ3v) is 4.96. The van der Waals surface area contributed by atoms with Crippen molar-refractivity contribution in [3.05, 3.63) is 18.2 Å². The zero-order valence-electron chi connectivity index (χ0n) is 15.1. The summed E-state index contributed by atoms with van der Waals surface area (Å²) >= 11 is 0. The maximum absolute atomic E-state index is 6.09. The van der Waals surface area contributed by atoms with Gasteiger partial charge in [0.1, 0.15) is 0 Å². The van der Waals surface area contributed by atoms with Crippen LogP contribution in [0.15, 0.2) is 23.2 Å². The number of benzene rings is 1. The zero-order chi connectivity index (χ0) is 16.8. The van der Waals surface area contributed by atoms with Gasteiger partial charge in [-0.2, -0.15) is 0 Å². The van der Waals surface area contributed by atoms with Crippen molar-refractivity contribution < 1.29 is 9.47 Å². The van der Waals surface area contributed by atoms with Gasteiger partial charge in [0.15, 0.2) is 17.5 Å². The molecular weight excluding hydrogens is 429 g/mol. The molecule has 1 fully saturated rings. The van der Waals surface area contributed by atoms with Crippen LogP contribution >= 0.6 is 24.0 Å². The van der Waals surface area contributed by atoms with Crippen molar-refractivity contribution in [2.24, 2.45) is 16.1 Å². The molecule has 1 aliphatic carbocycles. The summed E-state index contributed by atoms with van der Waals surface area (Å²) in [5.74, 6) is 2.02. The molecule has 1 aromatic rings. The molecule has 1 aromatic carbocycles. The summed E-state index contributed by atoms with van der Waals surface area (Å²) in [5.41, 5.74) is 7.26. The molecule has 0 aromatic heterocycles. The van der Waals surface area contributed by atoms with E-state index in [1.165, 1.54) is 38.5 Å². The van der Waals surface area contributed by atoms with Gasteiger partial charge in [-0.05, 0) is 30.4 Å². The van der Waals surface area contributed by atoms with E-state index in [0.717, 1.165) is 30.2 Å². The van der Waals surface area contributed by atoms with Gasteiger partial charge in [-0.15, -0.1) is 24.0 Å². The van der Waals surface area contributed by atoms with E-state index in [-0.39, 0.29) is 29.4 Å². The number of aliphatic imine (C=N–C) groups is 1. The largest absolute Gasteiger partial charge is 0.490 e. The number of guanidine groups is 1. The predicted octanol–water partition coefficient (Wildman–Crippen LogP) is 4.55. The highest BCUT2D eigenvalue weighted by Gasteiger charge is 2.25. The minimum Gasteiger partial charge on any atom is -0.490 e. The summed E-state index contributed by atoms with van der Waals surface area (Å²) in [6.45, 7) is 4.50. The normalized spacial score (nSPS) is 20.0. The number of halogens is 1. The Morgan fingerprint density at radius 1 is 1.08 bits per heavy atom. The first-order valence-corrected chi connectivity index (χ1v) is 9.11. The summed E-state index contributed by atoms with van der Waals surface area (Å²) in [6.07, 6.45) is 8.71. The molecule has 0 bridgehead atoms. The average Bonchev–Trinajstić information content (AvgIpc) is 2.93. The topological polar surface area (TPSA) is 68.9 Å². The van der Waals surface area contributed by atoms with Crippen LogP contribution in [0.25, 0.3) is 0 Å². The molecule has 5 nitrogen and oxygen atoms in total. The summed E-state index contributed by atoms with van der Waals surface area (Å²) in [6, 6.07) is 5.79. The van der Waals surface area contributed by atoms with E-state index in [2.05, 4.69) is 17.2 Å². The Kier molecular flexibility index (Phi) is 7.65. The van der Waals surface area contributed by atoms with Gasteiger partial charge in [0, 0.05) is 24.7 Å². The van der Waals surface area contributed by atoms with Crippen molar-refractivity contribution in [2.75, 3.05) is 25.1 Å². The van der Waals surface area contributed by atoms with Gasteiger partial charge >= 0.3 is 0 Å². The average molecular weight is 459 g/mol. The van der Waals surface area contributed by atoms with E-state index in [1.54, 1.807) is 0 Å². The number of rotatable bonds is 3. The van der Waals surface area contributed by atoms with Crippen molar-refractivity contribution >= 4 is 35.6 Å². The number of nitrogens with one attached hydrogen (secondary N) is 1. The molecular formula is C19H30IN3O2. The van der Waals surface area contributed by atoms with Crippen LogP contribution in [0.1, 0.15) is 51.9 Å². The Hall–Kier alpha value is -1.18. The Morgan fingerprint density at radius 3 is 2.48 bits per heavy atom. The SMILES string of the molecule is CC1(CN=C(N)Nc2ccc3c(c2)OCCCO3)CCCCCC1.I. The Balaban J connectivity index is 0.00000225. The zero-order valence-corrected chi connectivity index (χ0v) is 17.4. The molecule has 6 heteroatoms. The molecule has 0 atom stereocenters. The van der Waals surface area contributed by atoms with Gasteiger partial charge in [0.2, 0.25) is 0 Å². The smallest absolute Gasteiger partial charge is 0.193 e. The number of hydrogen-bond acceptors (Lipinski definition) is 3. The summed E-state index contributed by atoms with van der Waals surface area (Å²) in [4.78, 5) is 4.60. The van der Waals surface area contributed by atoms with E-state index in [1.807, 2.05) is 18.2 Å². The van der Waals surface area contributed by atoms with Gasteiger partial charge in [-0.3, -0.25) is 4.99 Å². The summed E-state index contributed by atoms with van der Waals surface area (Å²) < 4.78 is 11.4. The van der Waals surface area contributed by atoms with E-state index >= 15 is 0 Å². The fraction of sp³-hybridized carbons (Fsp3) is 0.632. The molecule has 0 amide bonds. The van der Waals surface area contributed by atoms with Crippen LogP contribution in [0.5, 0.6) is 11.5 Å². The van der Waals surface area contributed by atoms with E-state index in [9.17, 15) is 0 Å². The number of ether oxygens (including phenoxy) is 2. The minimum atomic E-state index is 0. The van der Waals surface area contributed by atoms with Crippen molar-refractivity contribution in [3.8, 4) is 11.5 Å². The van der Waals surface area contributed by atoms with Crippen LogP contribution in [0.4, 0.5) is 5.69 Å². The first-order valence-electron chi connectivity index (χ1n) is 9.11. The van der Waals surface area contributed by atoms with Crippen LogP contribution in [-0.4, -0.2) is 25.7 Å². The molecule has 2 aliphatic rings. The molecule has 3 rings (SSSR count). The van der Waals surface area contributed by atoms with E-state index in [4.69, 9.17) is 15.2 Å². The predicted molar refractivity (Wildman–Crippen MR) is 113 cm³/mol. The molecule has 1 heterocycles. The maximum Gasteiger partial charge on any atom is 0.193 e. The van der Waals surface area contributed by atoms with Crippen molar-refractivity contribution in [1.29, 1.82) is 0 Å². The minimum absolute atomic E-state index is 0. The fourth-order valence-corrected chi connectivity index (χ4v) is 3.44. The van der Waals surface area contributed by atoms with Crippen LogP contribution < -0.4 is 20.5 Å². The maximum atomic E-state index is 6.09. The molecule has 1 saturated carbocycles. The molecule has 0 radical (unpaired) electrons. The molecule has 25 heavy (non-hydrogen) atoms. The molecule has 0 saturated heterocycles. The number of fused-ring (bicyclic) bond motifs is 1. The second-order valence-corrected chi connectivity index (χ2v) is 7.26. The fourth-order valence-electron chi connectivity index (χ4n) is 3.44. The van der Waals surface area contributed by atoms with Gasteiger partial charge in [-0.1, -0.05) is 32.6 Å². The lowest BCUT2D eigenvalue weighted by Gasteiger charge is -2.26. The first-order chi connectivity index (χ1) is 11.6. The van der Waals surface area contributed by atoms with E-state index in [0.29, 0.717) is 19.2 Å². The second-order valence-electron chi connectivity index (χ2n) is 7.26. The summed E-state index contributed by atoms with van der Waals surface area (Å²) in [5, 5.41) is 3.18. The van der Waals surface area contributed by atoms with Gasteiger partial charge in [0.25, 0.3) is 0 Å². The number of hydrogen-bond donors (Lipinski definition) is 2. The molecule has 0 spiro atoms. The van der Waals surface area contributed by atoms with Crippen LogP contribution in [0.2, 0.25) is 0 Å². The van der Waals surface area contributed by atoms with Crippen molar-refractivity contribution in [3.63, 3.8) is 0 Å². The van der Waals surface area contributed by atoms with Gasteiger partial charge in [-0.25, -0.2) is 0 Å². The van der Waals surface area contributed by atoms with Crippen LogP contribution in [0, 0.1) is 5.41 Å². The summed E-state index contributed by atoms with van der Waals surface area (Å²) in [7, 11) is 0. The third-order valence-electron chi connectivity index (χ3n) is 4.96. The lowest BCUT2D eigenvalue weighted by molar-refractivity contribution is 0.290. The van der Waals surface area contributed by atoms with Crippen LogP contribution in [-0.2, 0) is 0 Å².